The lowest BCUT2D eigenvalue weighted by Gasteiger charge is -2.04. The van der Waals surface area contributed by atoms with Gasteiger partial charge in [0, 0.05) is 16.2 Å². The summed E-state index contributed by atoms with van der Waals surface area (Å²) in [4.78, 5) is 9.12. The Balaban J connectivity index is 2.27. The lowest BCUT2D eigenvalue weighted by atomic mass is 10.1. The highest BCUT2D eigenvalue weighted by Crippen LogP contribution is 2.25. The van der Waals surface area contributed by atoms with E-state index in [9.17, 15) is 0 Å². The van der Waals surface area contributed by atoms with E-state index in [0.717, 1.165) is 21.9 Å². The molecule has 0 radical (unpaired) electrons. The Bertz CT molecular complexity index is 875. The summed E-state index contributed by atoms with van der Waals surface area (Å²) in [6.45, 7) is 0. The first kappa shape index (κ1) is 9.54. The van der Waals surface area contributed by atoms with Crippen LogP contribution in [0.2, 0.25) is 0 Å². The number of hydrogen-bond acceptors (Lipinski definition) is 2. The summed E-state index contributed by atoms with van der Waals surface area (Å²) < 4.78 is 0. The summed E-state index contributed by atoms with van der Waals surface area (Å²) >= 11 is 0. The van der Waals surface area contributed by atoms with E-state index < -0.39 is 0 Å². The van der Waals surface area contributed by atoms with Gasteiger partial charge in [0.1, 0.15) is 0 Å². The Hall–Kier alpha value is -2.48. The monoisotopic (exact) mass is 230 g/mol. The predicted octanol–water partition coefficient (Wildman–Crippen LogP) is 3.94. The summed E-state index contributed by atoms with van der Waals surface area (Å²) in [5.41, 5.74) is 2.98. The molecule has 0 N–H and O–H groups in total. The molecule has 4 aromatic rings. The van der Waals surface area contributed by atoms with Crippen molar-refractivity contribution >= 4 is 32.7 Å². The number of rotatable bonds is 0. The molecule has 0 saturated heterocycles. The molecule has 84 valence electrons. The minimum Gasteiger partial charge on any atom is -0.254 e. The smallest absolute Gasteiger partial charge is 0.0899 e. The first-order valence-corrected chi connectivity index (χ1v) is 5.95. The Morgan fingerprint density at radius 2 is 1.44 bits per heavy atom. The van der Waals surface area contributed by atoms with Crippen LogP contribution in [0.25, 0.3) is 32.7 Å². The molecule has 0 atom stereocenters. The van der Waals surface area contributed by atoms with E-state index in [1.54, 1.807) is 0 Å². The molecule has 2 nitrogen and oxygen atoms in total. The highest BCUT2D eigenvalue weighted by Gasteiger charge is 2.03. The molecule has 0 fully saturated rings. The maximum absolute atomic E-state index is 4.67. The molecule has 0 spiro atoms. The first-order chi connectivity index (χ1) is 8.92. The standard InChI is InChI=1S/C16H10N2/c1-3-7-14-11(5-1)9-13-12-6-2-4-8-15(12)17-10-16(13)18-14/h1-10H. The number of para-hydroxylation sites is 2. The number of nitrogens with zero attached hydrogens (tertiary/aromatic N) is 2. The van der Waals surface area contributed by atoms with Gasteiger partial charge in [0.15, 0.2) is 0 Å². The van der Waals surface area contributed by atoms with Gasteiger partial charge in [-0.1, -0.05) is 36.4 Å². The normalized spacial score (nSPS) is 11.3. The van der Waals surface area contributed by atoms with Crippen LogP contribution in [0.4, 0.5) is 0 Å². The molecule has 18 heavy (non-hydrogen) atoms. The Morgan fingerprint density at radius 1 is 0.667 bits per heavy atom. The van der Waals surface area contributed by atoms with Gasteiger partial charge in [-0.3, -0.25) is 4.98 Å². The fraction of sp³-hybridized carbons (Fsp3) is 0. The SMILES string of the molecule is c1ccc2nc3cnc4ccccc4c3cc2c1. The van der Waals surface area contributed by atoms with Crippen LogP contribution in [0.3, 0.4) is 0 Å². The summed E-state index contributed by atoms with van der Waals surface area (Å²) in [7, 11) is 0. The average Bonchev–Trinajstić information content (AvgIpc) is 2.45. The molecule has 4 rings (SSSR count). The molecule has 2 aromatic heterocycles. The quantitative estimate of drug-likeness (QED) is 0.338. The van der Waals surface area contributed by atoms with Crippen molar-refractivity contribution in [1.82, 2.24) is 9.97 Å². The van der Waals surface area contributed by atoms with Gasteiger partial charge in [0.05, 0.1) is 22.7 Å². The van der Waals surface area contributed by atoms with Crippen molar-refractivity contribution in [3.63, 3.8) is 0 Å². The van der Waals surface area contributed by atoms with Crippen LogP contribution in [-0.4, -0.2) is 9.97 Å². The highest BCUT2D eigenvalue weighted by molar-refractivity contribution is 6.07. The van der Waals surface area contributed by atoms with Gasteiger partial charge >= 0.3 is 0 Å². The zero-order chi connectivity index (χ0) is 11.9. The molecular formula is C16H10N2. The van der Waals surface area contributed by atoms with Crippen LogP contribution in [-0.2, 0) is 0 Å². The molecule has 0 saturated carbocycles. The van der Waals surface area contributed by atoms with Crippen LogP contribution in [0, 0.1) is 0 Å². The van der Waals surface area contributed by atoms with Gasteiger partial charge in [-0.15, -0.1) is 0 Å². The second-order valence-corrected chi connectivity index (χ2v) is 4.39. The van der Waals surface area contributed by atoms with E-state index in [2.05, 4.69) is 28.2 Å². The molecule has 0 amide bonds. The number of aromatic nitrogens is 2. The molecule has 2 aromatic carbocycles. The van der Waals surface area contributed by atoms with Crippen molar-refractivity contribution in [2.75, 3.05) is 0 Å². The topological polar surface area (TPSA) is 25.8 Å². The largest absolute Gasteiger partial charge is 0.254 e. The molecule has 2 heteroatoms. The summed E-state index contributed by atoms with van der Waals surface area (Å²) in [6, 6.07) is 18.6. The van der Waals surface area contributed by atoms with Gasteiger partial charge in [-0.25, -0.2) is 4.98 Å². The van der Waals surface area contributed by atoms with Gasteiger partial charge < -0.3 is 0 Å². The third-order valence-corrected chi connectivity index (χ3v) is 3.27. The van der Waals surface area contributed by atoms with E-state index in [0.29, 0.717) is 0 Å². The predicted molar refractivity (Wildman–Crippen MR) is 74.6 cm³/mol. The zero-order valence-corrected chi connectivity index (χ0v) is 9.67. The van der Waals surface area contributed by atoms with Crippen LogP contribution in [0.1, 0.15) is 0 Å². The third-order valence-electron chi connectivity index (χ3n) is 3.27. The van der Waals surface area contributed by atoms with Gasteiger partial charge in [-0.2, -0.15) is 0 Å². The first-order valence-electron chi connectivity index (χ1n) is 5.95. The zero-order valence-electron chi connectivity index (χ0n) is 9.67. The number of benzene rings is 2. The second kappa shape index (κ2) is 3.50. The number of hydrogen-bond donors (Lipinski definition) is 0. The van der Waals surface area contributed by atoms with E-state index in [4.69, 9.17) is 0 Å². The van der Waals surface area contributed by atoms with Crippen molar-refractivity contribution in [2.24, 2.45) is 0 Å². The molecular weight excluding hydrogens is 220 g/mol. The molecule has 0 unspecified atom stereocenters. The van der Waals surface area contributed by atoms with Gasteiger partial charge in [0.2, 0.25) is 0 Å². The minimum absolute atomic E-state index is 0.951. The van der Waals surface area contributed by atoms with Crippen molar-refractivity contribution in [1.29, 1.82) is 0 Å². The van der Waals surface area contributed by atoms with Crippen molar-refractivity contribution in [3.05, 3.63) is 60.8 Å². The summed E-state index contributed by atoms with van der Waals surface area (Å²) in [5, 5.41) is 3.49. The second-order valence-electron chi connectivity index (χ2n) is 4.39. The van der Waals surface area contributed by atoms with Crippen LogP contribution in [0.5, 0.6) is 0 Å². The van der Waals surface area contributed by atoms with Gasteiger partial charge in [-0.05, 0) is 18.2 Å². The third kappa shape index (κ3) is 1.29. The Morgan fingerprint density at radius 3 is 2.39 bits per heavy atom. The molecule has 0 aliphatic heterocycles. The Labute approximate surface area is 104 Å². The van der Waals surface area contributed by atoms with Gasteiger partial charge in [0.25, 0.3) is 0 Å². The van der Waals surface area contributed by atoms with Crippen molar-refractivity contribution in [3.8, 4) is 0 Å². The van der Waals surface area contributed by atoms with Crippen LogP contribution >= 0.6 is 0 Å². The molecule has 0 bridgehead atoms. The maximum atomic E-state index is 4.67. The maximum Gasteiger partial charge on any atom is 0.0899 e. The lowest BCUT2D eigenvalue weighted by molar-refractivity contribution is 1.40. The van der Waals surface area contributed by atoms with E-state index in [1.807, 2.05) is 42.6 Å². The van der Waals surface area contributed by atoms with E-state index in [1.165, 1.54) is 10.8 Å². The fourth-order valence-corrected chi connectivity index (χ4v) is 2.39. The average molecular weight is 230 g/mol. The van der Waals surface area contributed by atoms with Crippen molar-refractivity contribution in [2.45, 2.75) is 0 Å². The summed E-state index contributed by atoms with van der Waals surface area (Å²) in [6.07, 6.45) is 1.85. The lowest BCUT2D eigenvalue weighted by Crippen LogP contribution is -1.86. The van der Waals surface area contributed by atoms with E-state index >= 15 is 0 Å². The number of fused-ring (bicyclic) bond motifs is 4. The molecule has 0 aliphatic carbocycles. The fourth-order valence-electron chi connectivity index (χ4n) is 2.39. The summed E-state index contributed by atoms with van der Waals surface area (Å²) in [5.74, 6) is 0. The molecule has 2 heterocycles. The van der Waals surface area contributed by atoms with Crippen molar-refractivity contribution < 1.29 is 0 Å². The van der Waals surface area contributed by atoms with E-state index in [-0.39, 0.29) is 0 Å². The van der Waals surface area contributed by atoms with Crippen LogP contribution < -0.4 is 0 Å². The Kier molecular flexibility index (Phi) is 1.86. The van der Waals surface area contributed by atoms with Crippen LogP contribution in [0.15, 0.2) is 60.8 Å². The number of pyridine rings is 2. The molecule has 0 aliphatic rings. The highest BCUT2D eigenvalue weighted by atomic mass is 14.7. The minimum atomic E-state index is 0.951.